The molecule has 104 valence electrons. The van der Waals surface area contributed by atoms with Gasteiger partial charge in [-0.05, 0) is 31.0 Å². The van der Waals surface area contributed by atoms with E-state index >= 15 is 0 Å². The molecule has 0 spiro atoms. The molecule has 0 radical (unpaired) electrons. The molecular weight excluding hydrogens is 242 g/mol. The second-order valence-corrected chi connectivity index (χ2v) is 4.89. The topological polar surface area (TPSA) is 70.2 Å². The number of nitrogens with one attached hydrogen (secondary N) is 3. The summed E-state index contributed by atoms with van der Waals surface area (Å²) in [4.78, 5) is 22.7. The van der Waals surface area contributed by atoms with E-state index in [0.717, 1.165) is 0 Å². The van der Waals surface area contributed by atoms with Crippen LogP contribution < -0.4 is 16.0 Å². The van der Waals surface area contributed by atoms with Crippen molar-refractivity contribution in [2.45, 2.75) is 33.7 Å². The number of anilines is 2. The largest absolute Gasteiger partial charge is 0.335 e. The van der Waals surface area contributed by atoms with Gasteiger partial charge in [0, 0.05) is 24.3 Å². The molecule has 1 aromatic rings. The molecule has 0 fully saturated rings. The minimum absolute atomic E-state index is 0.0959. The highest BCUT2D eigenvalue weighted by Crippen LogP contribution is 2.15. The van der Waals surface area contributed by atoms with Crippen molar-refractivity contribution in [3.8, 4) is 0 Å². The SMILES string of the molecule is CC(=O)Nc1cccc(NC(=O)NC(C)C(C)C)c1. The van der Waals surface area contributed by atoms with Crippen LogP contribution in [0, 0.1) is 5.92 Å². The van der Waals surface area contributed by atoms with Gasteiger partial charge in [0.25, 0.3) is 0 Å². The summed E-state index contributed by atoms with van der Waals surface area (Å²) in [6.07, 6.45) is 0. The number of carbonyl (C=O) groups excluding carboxylic acids is 2. The van der Waals surface area contributed by atoms with Crippen molar-refractivity contribution in [2.75, 3.05) is 10.6 Å². The van der Waals surface area contributed by atoms with Crippen LogP contribution in [0.15, 0.2) is 24.3 Å². The number of hydrogen-bond acceptors (Lipinski definition) is 2. The summed E-state index contributed by atoms with van der Waals surface area (Å²) in [6.45, 7) is 7.49. The van der Waals surface area contributed by atoms with Crippen LogP contribution in [0.4, 0.5) is 16.2 Å². The highest BCUT2D eigenvalue weighted by molar-refractivity contribution is 5.92. The van der Waals surface area contributed by atoms with Gasteiger partial charge in [-0.1, -0.05) is 19.9 Å². The molecule has 3 amide bonds. The molecule has 0 aliphatic heterocycles. The van der Waals surface area contributed by atoms with E-state index in [1.54, 1.807) is 24.3 Å². The molecule has 3 N–H and O–H groups in total. The Labute approximate surface area is 113 Å². The molecule has 0 aliphatic carbocycles. The van der Waals surface area contributed by atoms with Crippen LogP contribution in [0.3, 0.4) is 0 Å². The molecule has 19 heavy (non-hydrogen) atoms. The Morgan fingerprint density at radius 3 is 2.16 bits per heavy atom. The Balaban J connectivity index is 2.61. The van der Waals surface area contributed by atoms with Gasteiger partial charge >= 0.3 is 6.03 Å². The third-order valence-electron chi connectivity index (χ3n) is 2.80. The second-order valence-electron chi connectivity index (χ2n) is 4.89. The molecule has 0 heterocycles. The van der Waals surface area contributed by atoms with E-state index < -0.39 is 0 Å². The molecule has 1 atom stereocenters. The number of carbonyl (C=O) groups is 2. The van der Waals surface area contributed by atoms with E-state index in [1.807, 2.05) is 20.8 Å². The van der Waals surface area contributed by atoms with Crippen molar-refractivity contribution in [1.29, 1.82) is 0 Å². The van der Waals surface area contributed by atoms with E-state index in [1.165, 1.54) is 6.92 Å². The number of rotatable bonds is 4. The maximum atomic E-state index is 11.8. The molecule has 1 unspecified atom stereocenters. The minimum Gasteiger partial charge on any atom is -0.335 e. The lowest BCUT2D eigenvalue weighted by molar-refractivity contribution is -0.114. The zero-order chi connectivity index (χ0) is 14.4. The molecule has 0 aliphatic rings. The standard InChI is InChI=1S/C14H21N3O2/c1-9(2)10(3)15-14(19)17-13-7-5-6-12(8-13)16-11(4)18/h5-10H,1-4H3,(H,16,18)(H2,15,17,19). The van der Waals surface area contributed by atoms with E-state index in [4.69, 9.17) is 0 Å². The van der Waals surface area contributed by atoms with Gasteiger partial charge in [-0.2, -0.15) is 0 Å². The maximum absolute atomic E-state index is 11.8. The van der Waals surface area contributed by atoms with Gasteiger partial charge in [0.05, 0.1) is 0 Å². The van der Waals surface area contributed by atoms with Crippen molar-refractivity contribution in [2.24, 2.45) is 5.92 Å². The van der Waals surface area contributed by atoms with Crippen LogP contribution in [0.1, 0.15) is 27.7 Å². The van der Waals surface area contributed by atoms with Crippen molar-refractivity contribution >= 4 is 23.3 Å². The van der Waals surface area contributed by atoms with Crippen LogP contribution in [-0.2, 0) is 4.79 Å². The molecule has 0 saturated heterocycles. The normalized spacial score (nSPS) is 11.8. The Bertz CT molecular complexity index is 458. The fourth-order valence-corrected chi connectivity index (χ4v) is 1.42. The van der Waals surface area contributed by atoms with Gasteiger partial charge in [-0.25, -0.2) is 4.79 Å². The van der Waals surface area contributed by atoms with Crippen molar-refractivity contribution < 1.29 is 9.59 Å². The summed E-state index contributed by atoms with van der Waals surface area (Å²) < 4.78 is 0. The average Bonchev–Trinajstić information content (AvgIpc) is 2.27. The van der Waals surface area contributed by atoms with Crippen molar-refractivity contribution in [1.82, 2.24) is 5.32 Å². The smallest absolute Gasteiger partial charge is 0.319 e. The monoisotopic (exact) mass is 263 g/mol. The quantitative estimate of drug-likeness (QED) is 0.781. The summed E-state index contributed by atoms with van der Waals surface area (Å²) in [5.74, 6) is 0.228. The van der Waals surface area contributed by atoms with E-state index in [0.29, 0.717) is 17.3 Å². The number of hydrogen-bond donors (Lipinski definition) is 3. The summed E-state index contributed by atoms with van der Waals surface area (Å²) >= 11 is 0. The highest BCUT2D eigenvalue weighted by atomic mass is 16.2. The Morgan fingerprint density at radius 1 is 1.05 bits per heavy atom. The van der Waals surface area contributed by atoms with Gasteiger partial charge < -0.3 is 16.0 Å². The van der Waals surface area contributed by atoms with Crippen LogP contribution in [-0.4, -0.2) is 18.0 Å². The average molecular weight is 263 g/mol. The zero-order valence-electron chi connectivity index (χ0n) is 11.8. The third-order valence-corrected chi connectivity index (χ3v) is 2.80. The van der Waals surface area contributed by atoms with Gasteiger partial charge in [-0.3, -0.25) is 4.79 Å². The predicted octanol–water partition coefficient (Wildman–Crippen LogP) is 2.81. The Hall–Kier alpha value is -2.04. The Kier molecular flexibility index (Phi) is 5.36. The van der Waals surface area contributed by atoms with Crippen LogP contribution >= 0.6 is 0 Å². The molecule has 5 heteroatoms. The maximum Gasteiger partial charge on any atom is 0.319 e. The molecular formula is C14H21N3O2. The summed E-state index contributed by atoms with van der Waals surface area (Å²) in [7, 11) is 0. The van der Waals surface area contributed by atoms with Crippen LogP contribution in [0.2, 0.25) is 0 Å². The van der Waals surface area contributed by atoms with Gasteiger partial charge in [0.2, 0.25) is 5.91 Å². The number of amides is 3. The summed E-state index contributed by atoms with van der Waals surface area (Å²) in [6, 6.07) is 6.86. The lowest BCUT2D eigenvalue weighted by Gasteiger charge is -2.18. The lowest BCUT2D eigenvalue weighted by Crippen LogP contribution is -2.38. The molecule has 0 saturated carbocycles. The molecule has 1 rings (SSSR count). The third kappa shape index (κ3) is 5.42. The fraction of sp³-hybridized carbons (Fsp3) is 0.429. The lowest BCUT2D eigenvalue weighted by atomic mass is 10.1. The predicted molar refractivity (Wildman–Crippen MR) is 77.2 cm³/mol. The van der Waals surface area contributed by atoms with Crippen LogP contribution in [0.5, 0.6) is 0 Å². The van der Waals surface area contributed by atoms with E-state index in [2.05, 4.69) is 16.0 Å². The first kappa shape index (κ1) is 15.0. The molecule has 1 aromatic carbocycles. The highest BCUT2D eigenvalue weighted by Gasteiger charge is 2.10. The first-order valence-electron chi connectivity index (χ1n) is 6.33. The second kappa shape index (κ2) is 6.78. The van der Waals surface area contributed by atoms with Gasteiger partial charge in [0.1, 0.15) is 0 Å². The van der Waals surface area contributed by atoms with Gasteiger partial charge in [-0.15, -0.1) is 0 Å². The molecule has 0 bridgehead atoms. The zero-order valence-corrected chi connectivity index (χ0v) is 11.8. The Morgan fingerprint density at radius 2 is 1.63 bits per heavy atom. The van der Waals surface area contributed by atoms with E-state index in [9.17, 15) is 9.59 Å². The molecule has 5 nitrogen and oxygen atoms in total. The summed E-state index contributed by atoms with van der Waals surface area (Å²) in [5, 5.41) is 8.26. The van der Waals surface area contributed by atoms with Crippen molar-refractivity contribution in [3.05, 3.63) is 24.3 Å². The number of urea groups is 1. The number of benzene rings is 1. The van der Waals surface area contributed by atoms with Crippen LogP contribution in [0.25, 0.3) is 0 Å². The fourth-order valence-electron chi connectivity index (χ4n) is 1.42. The van der Waals surface area contributed by atoms with E-state index in [-0.39, 0.29) is 18.0 Å². The molecule has 0 aromatic heterocycles. The minimum atomic E-state index is -0.249. The summed E-state index contributed by atoms with van der Waals surface area (Å²) in [5.41, 5.74) is 1.29. The first-order chi connectivity index (χ1) is 8.88. The van der Waals surface area contributed by atoms with Gasteiger partial charge in [0.15, 0.2) is 0 Å². The first-order valence-corrected chi connectivity index (χ1v) is 6.33. The van der Waals surface area contributed by atoms with Crippen molar-refractivity contribution in [3.63, 3.8) is 0 Å².